The second kappa shape index (κ2) is 6.64. The second-order valence-electron chi connectivity index (χ2n) is 5.08. The first-order valence-electron chi connectivity index (χ1n) is 6.48. The van der Waals surface area contributed by atoms with Crippen LogP contribution in [0.3, 0.4) is 0 Å². The molecule has 1 aliphatic heterocycles. The monoisotopic (exact) mass is 394 g/mol. The maximum Gasteiger partial charge on any atom is 0.255 e. The lowest BCUT2D eigenvalue weighted by molar-refractivity contribution is 0.0703. The number of nitrogens with one attached hydrogen (secondary N) is 1. The topological polar surface area (TPSA) is 66.5 Å². The summed E-state index contributed by atoms with van der Waals surface area (Å²) in [7, 11) is -3.27. The number of hydrogen-bond donors (Lipinski definition) is 1. The summed E-state index contributed by atoms with van der Waals surface area (Å²) in [5.74, 6) is -0.179. The van der Waals surface area contributed by atoms with Crippen molar-refractivity contribution in [2.75, 3.05) is 19.3 Å². The fourth-order valence-electron chi connectivity index (χ4n) is 2.40. The van der Waals surface area contributed by atoms with Crippen molar-refractivity contribution < 1.29 is 13.2 Å². The maximum atomic E-state index is 12.5. The Hall–Kier alpha value is -0.630. The van der Waals surface area contributed by atoms with E-state index in [1.54, 1.807) is 23.1 Å². The molecule has 0 saturated carbocycles. The third kappa shape index (κ3) is 4.42. The number of halogens is 2. The molecule has 1 aromatic rings. The summed E-state index contributed by atoms with van der Waals surface area (Å²) in [5.41, 5.74) is 0.422. The van der Waals surface area contributed by atoms with Gasteiger partial charge in [0.25, 0.3) is 5.91 Å². The molecule has 1 N–H and O–H groups in total. The van der Waals surface area contributed by atoms with Crippen LogP contribution in [-0.2, 0) is 10.0 Å². The van der Waals surface area contributed by atoms with Gasteiger partial charge in [0, 0.05) is 23.6 Å². The van der Waals surface area contributed by atoms with Gasteiger partial charge in [-0.15, -0.1) is 0 Å². The number of rotatable bonds is 3. The lowest BCUT2D eigenvalue weighted by atomic mass is 10.1. The zero-order valence-electron chi connectivity index (χ0n) is 11.5. The first-order chi connectivity index (χ1) is 9.78. The van der Waals surface area contributed by atoms with E-state index in [2.05, 4.69) is 20.7 Å². The van der Waals surface area contributed by atoms with Crippen LogP contribution in [0.4, 0.5) is 0 Å². The number of sulfonamides is 1. The van der Waals surface area contributed by atoms with Gasteiger partial charge in [-0.1, -0.05) is 17.7 Å². The first kappa shape index (κ1) is 16.7. The SMILES string of the molecule is CS(=O)(=O)NC1CCCN(C(=O)c2cccc(Br)c2Cl)C1. The molecule has 1 saturated heterocycles. The highest BCUT2D eigenvalue weighted by molar-refractivity contribution is 9.10. The van der Waals surface area contributed by atoms with Crippen molar-refractivity contribution in [3.63, 3.8) is 0 Å². The Balaban J connectivity index is 2.14. The molecule has 0 bridgehead atoms. The predicted molar refractivity (Wildman–Crippen MR) is 86.1 cm³/mol. The van der Waals surface area contributed by atoms with Crippen LogP contribution in [0.2, 0.25) is 5.02 Å². The first-order valence-corrected chi connectivity index (χ1v) is 9.55. The van der Waals surface area contributed by atoms with Crippen LogP contribution in [-0.4, -0.2) is 44.6 Å². The normalized spacial score (nSPS) is 19.6. The Morgan fingerprint density at radius 3 is 2.86 bits per heavy atom. The molecule has 116 valence electrons. The summed E-state index contributed by atoms with van der Waals surface area (Å²) in [5, 5.41) is 0.376. The molecule has 1 fully saturated rings. The van der Waals surface area contributed by atoms with Crippen molar-refractivity contribution in [1.29, 1.82) is 0 Å². The number of benzene rings is 1. The van der Waals surface area contributed by atoms with E-state index in [0.717, 1.165) is 19.1 Å². The molecule has 21 heavy (non-hydrogen) atoms. The van der Waals surface area contributed by atoms with Gasteiger partial charge in [0.2, 0.25) is 10.0 Å². The summed E-state index contributed by atoms with van der Waals surface area (Å²) in [6.07, 6.45) is 2.60. The van der Waals surface area contributed by atoms with Gasteiger partial charge in [-0.2, -0.15) is 0 Å². The predicted octanol–water partition coefficient (Wildman–Crippen LogP) is 2.26. The van der Waals surface area contributed by atoms with Gasteiger partial charge < -0.3 is 4.90 Å². The minimum atomic E-state index is -3.27. The Kier molecular flexibility index (Phi) is 5.29. The molecule has 1 amide bonds. The molecular formula is C13H16BrClN2O3S. The highest BCUT2D eigenvalue weighted by Gasteiger charge is 2.27. The lowest BCUT2D eigenvalue weighted by Gasteiger charge is -2.33. The zero-order chi connectivity index (χ0) is 15.6. The van der Waals surface area contributed by atoms with E-state index in [4.69, 9.17) is 11.6 Å². The fourth-order valence-corrected chi connectivity index (χ4v) is 3.77. The number of nitrogens with zero attached hydrogens (tertiary/aromatic N) is 1. The van der Waals surface area contributed by atoms with E-state index in [1.165, 1.54) is 0 Å². The van der Waals surface area contributed by atoms with Crippen molar-refractivity contribution >= 4 is 43.5 Å². The summed E-state index contributed by atoms with van der Waals surface area (Å²) in [4.78, 5) is 14.2. The fraction of sp³-hybridized carbons (Fsp3) is 0.462. The maximum absolute atomic E-state index is 12.5. The molecule has 2 rings (SSSR count). The van der Waals surface area contributed by atoms with Gasteiger partial charge in [-0.25, -0.2) is 13.1 Å². The molecule has 0 aromatic heterocycles. The van der Waals surface area contributed by atoms with Crippen molar-refractivity contribution in [3.8, 4) is 0 Å². The second-order valence-corrected chi connectivity index (χ2v) is 8.09. The highest BCUT2D eigenvalue weighted by atomic mass is 79.9. The average Bonchev–Trinajstić information content (AvgIpc) is 2.39. The van der Waals surface area contributed by atoms with Crippen LogP contribution in [0.15, 0.2) is 22.7 Å². The molecule has 1 aromatic carbocycles. The van der Waals surface area contributed by atoms with E-state index >= 15 is 0 Å². The minimum Gasteiger partial charge on any atom is -0.337 e. The molecule has 0 spiro atoms. The van der Waals surface area contributed by atoms with Gasteiger partial charge in [0.15, 0.2) is 0 Å². The molecule has 8 heteroatoms. The van der Waals surface area contributed by atoms with Crippen LogP contribution >= 0.6 is 27.5 Å². The largest absolute Gasteiger partial charge is 0.337 e. The number of amides is 1. The van der Waals surface area contributed by atoms with Crippen LogP contribution in [0.25, 0.3) is 0 Å². The molecule has 1 heterocycles. The van der Waals surface area contributed by atoms with Gasteiger partial charge >= 0.3 is 0 Å². The Morgan fingerprint density at radius 2 is 2.19 bits per heavy atom. The number of piperidine rings is 1. The smallest absolute Gasteiger partial charge is 0.255 e. The van der Waals surface area contributed by atoms with E-state index in [0.29, 0.717) is 28.1 Å². The standard InChI is InChI=1S/C13H16BrClN2O3S/c1-21(19,20)16-9-4-3-7-17(8-9)13(18)10-5-2-6-11(14)12(10)15/h2,5-6,9,16H,3-4,7-8H2,1H3. The van der Waals surface area contributed by atoms with Crippen LogP contribution in [0.5, 0.6) is 0 Å². The third-order valence-electron chi connectivity index (χ3n) is 3.27. The molecular weight excluding hydrogens is 380 g/mol. The van der Waals surface area contributed by atoms with Crippen LogP contribution in [0, 0.1) is 0 Å². The number of likely N-dealkylation sites (tertiary alicyclic amines) is 1. The summed E-state index contributed by atoms with van der Waals surface area (Å²) < 4.78 is 25.8. The van der Waals surface area contributed by atoms with E-state index in [-0.39, 0.29) is 11.9 Å². The number of hydrogen-bond acceptors (Lipinski definition) is 3. The van der Waals surface area contributed by atoms with E-state index < -0.39 is 10.0 Å². The molecule has 1 unspecified atom stereocenters. The summed E-state index contributed by atoms with van der Waals surface area (Å²) in [6, 6.07) is 4.94. The molecule has 0 aliphatic carbocycles. The molecule has 0 radical (unpaired) electrons. The zero-order valence-corrected chi connectivity index (χ0v) is 14.6. The van der Waals surface area contributed by atoms with Crippen molar-refractivity contribution in [3.05, 3.63) is 33.3 Å². The minimum absolute atomic E-state index is 0.179. The molecule has 1 atom stereocenters. The lowest BCUT2D eigenvalue weighted by Crippen LogP contribution is -2.49. The van der Waals surface area contributed by atoms with E-state index in [9.17, 15) is 13.2 Å². The van der Waals surface area contributed by atoms with Crippen LogP contribution in [0.1, 0.15) is 23.2 Å². The molecule has 5 nitrogen and oxygen atoms in total. The van der Waals surface area contributed by atoms with E-state index in [1.807, 2.05) is 0 Å². The quantitative estimate of drug-likeness (QED) is 0.853. The number of carbonyl (C=O) groups is 1. The average molecular weight is 396 g/mol. The van der Waals surface area contributed by atoms with Gasteiger partial charge in [-0.3, -0.25) is 4.79 Å². The highest BCUT2D eigenvalue weighted by Crippen LogP contribution is 2.27. The Labute approximate surface area is 137 Å². The van der Waals surface area contributed by atoms with Gasteiger partial charge in [0.1, 0.15) is 0 Å². The van der Waals surface area contributed by atoms with Crippen molar-refractivity contribution in [2.24, 2.45) is 0 Å². The molecule has 1 aliphatic rings. The Morgan fingerprint density at radius 1 is 1.48 bits per heavy atom. The van der Waals surface area contributed by atoms with Crippen molar-refractivity contribution in [1.82, 2.24) is 9.62 Å². The van der Waals surface area contributed by atoms with Crippen LogP contribution < -0.4 is 4.72 Å². The number of carbonyl (C=O) groups excluding carboxylic acids is 1. The van der Waals surface area contributed by atoms with Gasteiger partial charge in [0.05, 0.1) is 16.8 Å². The summed E-state index contributed by atoms with van der Waals surface area (Å²) in [6.45, 7) is 0.957. The van der Waals surface area contributed by atoms with Gasteiger partial charge in [-0.05, 0) is 40.9 Å². The Bertz CT molecular complexity index is 651. The third-order valence-corrected chi connectivity index (χ3v) is 5.33. The summed E-state index contributed by atoms with van der Waals surface area (Å²) >= 11 is 9.44. The van der Waals surface area contributed by atoms with Crippen molar-refractivity contribution in [2.45, 2.75) is 18.9 Å².